The molecule has 0 radical (unpaired) electrons. The van der Waals surface area contributed by atoms with Gasteiger partial charge in [0, 0.05) is 0 Å². The fraction of sp³-hybridized carbons (Fsp3) is 0.667. The lowest BCUT2D eigenvalue weighted by Gasteiger charge is -2.26. The summed E-state index contributed by atoms with van der Waals surface area (Å²) >= 11 is 3.89. The first-order valence-corrected chi connectivity index (χ1v) is 5.13. The van der Waals surface area contributed by atoms with Gasteiger partial charge in [0.2, 0.25) is 0 Å². The van der Waals surface area contributed by atoms with Gasteiger partial charge in [0.05, 0.1) is 11.4 Å². The van der Waals surface area contributed by atoms with Crippen LogP contribution in [0.3, 0.4) is 0 Å². The Balaban J connectivity index is 4.94. The molecule has 2 N–H and O–H groups in total. The average Bonchev–Trinajstić information content (AvgIpc) is 1.85. The van der Waals surface area contributed by atoms with Crippen LogP contribution in [0.15, 0.2) is 12.7 Å². The summed E-state index contributed by atoms with van der Waals surface area (Å²) in [5.74, 6) is 0. The van der Waals surface area contributed by atoms with Gasteiger partial charge in [-0.25, -0.2) is 0 Å². The summed E-state index contributed by atoms with van der Waals surface area (Å²) in [5.41, 5.74) is 0. The topological polar surface area (TPSA) is 74.6 Å². The summed E-state index contributed by atoms with van der Waals surface area (Å²) in [4.78, 5) is 0. The van der Waals surface area contributed by atoms with E-state index in [0.29, 0.717) is 0 Å². The molecular formula is C6H12O4S2. The van der Waals surface area contributed by atoms with Crippen molar-refractivity contribution in [2.75, 3.05) is 6.61 Å². The molecule has 6 heteroatoms. The highest BCUT2D eigenvalue weighted by Crippen LogP contribution is 2.24. The molecule has 12 heavy (non-hydrogen) atoms. The van der Waals surface area contributed by atoms with Crippen LogP contribution in [0.1, 0.15) is 6.92 Å². The SMILES string of the molecule is C=CC(C(C)(S)CO)S(=O)(=O)O. The lowest BCUT2D eigenvalue weighted by molar-refractivity contribution is 0.256. The third-order valence-electron chi connectivity index (χ3n) is 1.47. The van der Waals surface area contributed by atoms with Gasteiger partial charge in [0.15, 0.2) is 0 Å². The Labute approximate surface area is 77.5 Å². The van der Waals surface area contributed by atoms with E-state index >= 15 is 0 Å². The van der Waals surface area contributed by atoms with Crippen LogP contribution in [0.25, 0.3) is 0 Å². The van der Waals surface area contributed by atoms with Crippen LogP contribution >= 0.6 is 12.6 Å². The van der Waals surface area contributed by atoms with Crippen LogP contribution in [0.5, 0.6) is 0 Å². The summed E-state index contributed by atoms with van der Waals surface area (Å²) in [7, 11) is -4.24. The summed E-state index contributed by atoms with van der Waals surface area (Å²) in [6.07, 6.45) is 1.04. The summed E-state index contributed by atoms with van der Waals surface area (Å²) < 4.78 is 28.9. The second-order valence-electron chi connectivity index (χ2n) is 2.69. The van der Waals surface area contributed by atoms with Gasteiger partial charge in [-0.15, -0.1) is 6.58 Å². The van der Waals surface area contributed by atoms with Gasteiger partial charge < -0.3 is 5.11 Å². The van der Waals surface area contributed by atoms with Crippen molar-refractivity contribution in [3.63, 3.8) is 0 Å². The molecule has 0 aromatic rings. The van der Waals surface area contributed by atoms with Gasteiger partial charge in [-0.3, -0.25) is 4.55 Å². The summed E-state index contributed by atoms with van der Waals surface area (Å²) in [6, 6.07) is 0. The molecule has 0 spiro atoms. The standard InChI is InChI=1S/C6H12O4S2/c1-3-5(12(8,9)10)6(2,11)4-7/h3,5,7,11H,1,4H2,2H3,(H,8,9,10). The van der Waals surface area contributed by atoms with Crippen molar-refractivity contribution in [1.29, 1.82) is 0 Å². The van der Waals surface area contributed by atoms with Crippen molar-refractivity contribution >= 4 is 22.7 Å². The maximum absolute atomic E-state index is 10.7. The Morgan fingerprint density at radius 3 is 2.25 bits per heavy atom. The molecule has 2 atom stereocenters. The Kier molecular flexibility index (Phi) is 3.77. The number of rotatable bonds is 4. The highest BCUT2D eigenvalue weighted by Gasteiger charge is 2.36. The molecule has 0 aliphatic heterocycles. The van der Waals surface area contributed by atoms with Crippen molar-refractivity contribution < 1.29 is 18.1 Å². The normalized spacial score (nSPS) is 19.7. The fourth-order valence-electron chi connectivity index (χ4n) is 0.786. The molecular weight excluding hydrogens is 200 g/mol. The number of aliphatic hydroxyl groups excluding tert-OH is 1. The average molecular weight is 212 g/mol. The van der Waals surface area contributed by atoms with Crippen molar-refractivity contribution in [2.24, 2.45) is 0 Å². The smallest absolute Gasteiger partial charge is 0.272 e. The lowest BCUT2D eigenvalue weighted by Crippen LogP contribution is -2.41. The summed E-state index contributed by atoms with van der Waals surface area (Å²) in [6.45, 7) is 4.18. The van der Waals surface area contributed by atoms with Gasteiger partial charge in [0.1, 0.15) is 5.25 Å². The van der Waals surface area contributed by atoms with E-state index in [1.165, 1.54) is 6.92 Å². The van der Waals surface area contributed by atoms with E-state index in [-0.39, 0.29) is 0 Å². The van der Waals surface area contributed by atoms with Crippen LogP contribution in [-0.4, -0.2) is 34.7 Å². The minimum Gasteiger partial charge on any atom is -0.395 e. The minimum absolute atomic E-state index is 0.466. The van der Waals surface area contributed by atoms with Crippen LogP contribution in [0.2, 0.25) is 0 Å². The van der Waals surface area contributed by atoms with Crippen LogP contribution in [0, 0.1) is 0 Å². The maximum Gasteiger partial charge on any atom is 0.272 e. The minimum atomic E-state index is -4.24. The molecule has 0 aliphatic carbocycles. The predicted octanol–water partition coefficient (Wildman–Crippen LogP) is 0.110. The monoisotopic (exact) mass is 212 g/mol. The predicted molar refractivity (Wildman–Crippen MR) is 50.0 cm³/mol. The Hall–Kier alpha value is -0.0400. The zero-order valence-electron chi connectivity index (χ0n) is 6.64. The van der Waals surface area contributed by atoms with Crippen molar-refractivity contribution in [2.45, 2.75) is 16.9 Å². The first kappa shape index (κ1) is 12.0. The summed E-state index contributed by atoms with van der Waals surface area (Å²) in [5, 5.41) is 7.49. The quantitative estimate of drug-likeness (QED) is 0.351. The molecule has 0 aliphatic rings. The molecule has 0 aromatic carbocycles. The van der Waals surface area contributed by atoms with Gasteiger partial charge in [-0.1, -0.05) is 6.08 Å². The Morgan fingerprint density at radius 2 is 2.17 bits per heavy atom. The Bertz CT molecular complexity index is 255. The molecule has 0 heterocycles. The van der Waals surface area contributed by atoms with E-state index in [4.69, 9.17) is 9.66 Å². The highest BCUT2D eigenvalue weighted by atomic mass is 32.2. The van der Waals surface area contributed by atoms with E-state index in [0.717, 1.165) is 6.08 Å². The molecule has 2 unspecified atom stereocenters. The third kappa shape index (κ3) is 2.78. The first-order valence-electron chi connectivity index (χ1n) is 3.18. The molecule has 72 valence electrons. The third-order valence-corrected chi connectivity index (χ3v) is 3.42. The number of thiol groups is 1. The first-order chi connectivity index (χ1) is 5.25. The van der Waals surface area contributed by atoms with Crippen LogP contribution in [-0.2, 0) is 10.1 Å². The number of hydrogen-bond acceptors (Lipinski definition) is 4. The van der Waals surface area contributed by atoms with Gasteiger partial charge >= 0.3 is 0 Å². The highest BCUT2D eigenvalue weighted by molar-refractivity contribution is 7.89. The van der Waals surface area contributed by atoms with E-state index in [2.05, 4.69) is 19.2 Å². The van der Waals surface area contributed by atoms with E-state index < -0.39 is 26.7 Å². The Morgan fingerprint density at radius 1 is 1.75 bits per heavy atom. The van der Waals surface area contributed by atoms with Crippen LogP contribution in [0.4, 0.5) is 0 Å². The van der Waals surface area contributed by atoms with E-state index in [1.54, 1.807) is 0 Å². The van der Waals surface area contributed by atoms with E-state index in [1.807, 2.05) is 0 Å². The zero-order chi connectivity index (χ0) is 9.99. The molecule has 0 saturated carbocycles. The lowest BCUT2D eigenvalue weighted by atomic mass is 10.1. The molecule has 4 nitrogen and oxygen atoms in total. The van der Waals surface area contributed by atoms with Crippen molar-refractivity contribution in [1.82, 2.24) is 0 Å². The number of aliphatic hydroxyl groups is 1. The van der Waals surface area contributed by atoms with Gasteiger partial charge in [-0.05, 0) is 6.92 Å². The molecule has 0 amide bonds. The molecule has 0 aromatic heterocycles. The van der Waals surface area contributed by atoms with Crippen LogP contribution < -0.4 is 0 Å². The fourth-order valence-corrected chi connectivity index (χ4v) is 2.25. The molecule has 0 rings (SSSR count). The largest absolute Gasteiger partial charge is 0.395 e. The number of hydrogen-bond donors (Lipinski definition) is 3. The van der Waals surface area contributed by atoms with Crippen molar-refractivity contribution in [3.05, 3.63) is 12.7 Å². The van der Waals surface area contributed by atoms with E-state index in [9.17, 15) is 8.42 Å². The second kappa shape index (κ2) is 3.78. The maximum atomic E-state index is 10.7. The molecule has 0 bridgehead atoms. The van der Waals surface area contributed by atoms with Gasteiger partial charge in [-0.2, -0.15) is 21.0 Å². The molecule has 0 fully saturated rings. The second-order valence-corrected chi connectivity index (χ2v) is 5.25. The molecule has 0 saturated heterocycles. The van der Waals surface area contributed by atoms with Crippen molar-refractivity contribution in [3.8, 4) is 0 Å². The van der Waals surface area contributed by atoms with Gasteiger partial charge in [0.25, 0.3) is 10.1 Å². The zero-order valence-corrected chi connectivity index (χ0v) is 8.35.